The van der Waals surface area contributed by atoms with E-state index in [1.165, 1.54) is 11.1 Å². The molecule has 0 saturated carbocycles. The Morgan fingerprint density at radius 1 is 1.00 bits per heavy atom. The van der Waals surface area contributed by atoms with Crippen LogP contribution in [0.2, 0.25) is 0 Å². The molecule has 1 unspecified atom stereocenters. The van der Waals surface area contributed by atoms with Gasteiger partial charge in [0.1, 0.15) is 0 Å². The van der Waals surface area contributed by atoms with E-state index in [-0.39, 0.29) is 17.7 Å². The molecule has 4 heteroatoms. The molecule has 2 heterocycles. The first-order valence-corrected chi connectivity index (χ1v) is 10.7. The van der Waals surface area contributed by atoms with Crippen LogP contribution in [0.3, 0.4) is 0 Å². The molecule has 152 valence electrons. The molecular formula is C25H30N2O2. The van der Waals surface area contributed by atoms with Crippen LogP contribution in [-0.4, -0.2) is 41.2 Å². The van der Waals surface area contributed by atoms with Crippen molar-refractivity contribution in [2.45, 2.75) is 39.2 Å². The Hall–Kier alpha value is -2.62. The normalized spacial score (nSPS) is 20.3. The van der Waals surface area contributed by atoms with Gasteiger partial charge in [0.15, 0.2) is 0 Å². The summed E-state index contributed by atoms with van der Waals surface area (Å²) in [6.45, 7) is 4.85. The monoisotopic (exact) mass is 390 g/mol. The predicted octanol–water partition coefficient (Wildman–Crippen LogP) is 3.82. The third-order valence-electron chi connectivity index (χ3n) is 6.31. The van der Waals surface area contributed by atoms with Crippen molar-refractivity contribution >= 4 is 11.8 Å². The predicted molar refractivity (Wildman–Crippen MR) is 114 cm³/mol. The van der Waals surface area contributed by atoms with Gasteiger partial charge in [-0.25, -0.2) is 0 Å². The van der Waals surface area contributed by atoms with Gasteiger partial charge in [-0.15, -0.1) is 0 Å². The third kappa shape index (κ3) is 4.87. The van der Waals surface area contributed by atoms with Gasteiger partial charge < -0.3 is 9.80 Å². The first kappa shape index (κ1) is 19.7. The van der Waals surface area contributed by atoms with Crippen molar-refractivity contribution in [1.29, 1.82) is 0 Å². The van der Waals surface area contributed by atoms with Crippen LogP contribution in [0, 0.1) is 18.8 Å². The van der Waals surface area contributed by atoms with Gasteiger partial charge in [-0.1, -0.05) is 60.2 Å². The summed E-state index contributed by atoms with van der Waals surface area (Å²) in [7, 11) is 0. The fourth-order valence-corrected chi connectivity index (χ4v) is 4.68. The third-order valence-corrected chi connectivity index (χ3v) is 6.31. The average Bonchev–Trinajstić information content (AvgIpc) is 3.09. The maximum atomic E-state index is 13.0. The van der Waals surface area contributed by atoms with Crippen LogP contribution in [0.25, 0.3) is 0 Å². The lowest BCUT2D eigenvalue weighted by Crippen LogP contribution is -2.42. The van der Waals surface area contributed by atoms with Gasteiger partial charge in [0, 0.05) is 32.6 Å². The van der Waals surface area contributed by atoms with Crippen LogP contribution in [0.4, 0.5) is 0 Å². The lowest BCUT2D eigenvalue weighted by molar-refractivity contribution is -0.137. The van der Waals surface area contributed by atoms with Crippen molar-refractivity contribution in [2.24, 2.45) is 11.8 Å². The topological polar surface area (TPSA) is 40.6 Å². The van der Waals surface area contributed by atoms with Crippen molar-refractivity contribution in [3.63, 3.8) is 0 Å². The van der Waals surface area contributed by atoms with Crippen molar-refractivity contribution in [2.75, 3.05) is 19.6 Å². The first-order valence-electron chi connectivity index (χ1n) is 10.7. The van der Waals surface area contributed by atoms with Crippen LogP contribution in [0.1, 0.15) is 36.0 Å². The molecule has 0 bridgehead atoms. The molecule has 2 aromatic carbocycles. The van der Waals surface area contributed by atoms with Crippen LogP contribution in [0.5, 0.6) is 0 Å². The smallest absolute Gasteiger partial charge is 0.227 e. The highest BCUT2D eigenvalue weighted by Gasteiger charge is 2.37. The summed E-state index contributed by atoms with van der Waals surface area (Å²) < 4.78 is 0. The van der Waals surface area contributed by atoms with Gasteiger partial charge in [0.05, 0.1) is 5.92 Å². The molecule has 2 fully saturated rings. The SMILES string of the molecule is Cc1cccc(CN2CC(C(=O)N3CCC(Cc4ccccc4)CC3)CC2=O)c1. The number of aryl methyl sites for hydroxylation is 1. The summed E-state index contributed by atoms with van der Waals surface area (Å²) in [4.78, 5) is 29.3. The van der Waals surface area contributed by atoms with E-state index in [1.807, 2.05) is 21.9 Å². The zero-order chi connectivity index (χ0) is 20.2. The first-order chi connectivity index (χ1) is 14.1. The van der Waals surface area contributed by atoms with E-state index in [0.29, 0.717) is 25.4 Å². The standard InChI is InChI=1S/C25H30N2O2/c1-19-6-5-9-22(14-19)17-27-18-23(16-24(27)28)25(29)26-12-10-21(11-13-26)15-20-7-3-2-4-8-20/h2-9,14,21,23H,10-13,15-18H2,1H3. The highest BCUT2D eigenvalue weighted by atomic mass is 16.2. The molecule has 2 aliphatic heterocycles. The minimum atomic E-state index is -0.182. The van der Waals surface area contributed by atoms with Gasteiger partial charge in [0.25, 0.3) is 0 Å². The molecule has 0 spiro atoms. The van der Waals surface area contributed by atoms with E-state index in [4.69, 9.17) is 0 Å². The molecule has 4 rings (SSSR count). The fourth-order valence-electron chi connectivity index (χ4n) is 4.68. The molecule has 2 amide bonds. The molecule has 0 radical (unpaired) electrons. The number of hydrogen-bond acceptors (Lipinski definition) is 2. The van der Waals surface area contributed by atoms with E-state index in [0.717, 1.165) is 37.9 Å². The summed E-state index contributed by atoms with van der Waals surface area (Å²) >= 11 is 0. The molecule has 2 saturated heterocycles. The molecule has 0 aromatic heterocycles. The zero-order valence-electron chi connectivity index (χ0n) is 17.2. The van der Waals surface area contributed by atoms with Crippen molar-refractivity contribution < 1.29 is 9.59 Å². The number of likely N-dealkylation sites (tertiary alicyclic amines) is 2. The molecule has 2 aliphatic rings. The lowest BCUT2D eigenvalue weighted by Gasteiger charge is -2.33. The van der Waals surface area contributed by atoms with Crippen molar-refractivity contribution in [1.82, 2.24) is 9.80 Å². The second-order valence-corrected chi connectivity index (χ2v) is 8.62. The second-order valence-electron chi connectivity index (χ2n) is 8.62. The number of benzene rings is 2. The maximum Gasteiger partial charge on any atom is 0.227 e. The van der Waals surface area contributed by atoms with E-state index in [2.05, 4.69) is 49.4 Å². The number of rotatable bonds is 5. The fraction of sp³-hybridized carbons (Fsp3) is 0.440. The quantitative estimate of drug-likeness (QED) is 0.779. The highest BCUT2D eigenvalue weighted by molar-refractivity contribution is 5.89. The van der Waals surface area contributed by atoms with Gasteiger partial charge in [0.2, 0.25) is 11.8 Å². The Balaban J connectivity index is 1.28. The largest absolute Gasteiger partial charge is 0.342 e. The van der Waals surface area contributed by atoms with E-state index in [1.54, 1.807) is 0 Å². The van der Waals surface area contributed by atoms with E-state index in [9.17, 15) is 9.59 Å². The number of hydrogen-bond donors (Lipinski definition) is 0. The van der Waals surface area contributed by atoms with E-state index < -0.39 is 0 Å². The van der Waals surface area contributed by atoms with Crippen LogP contribution in [-0.2, 0) is 22.6 Å². The summed E-state index contributed by atoms with van der Waals surface area (Å²) in [6, 6.07) is 18.8. The van der Waals surface area contributed by atoms with Gasteiger partial charge >= 0.3 is 0 Å². The number of amides is 2. The summed E-state index contributed by atoms with van der Waals surface area (Å²) in [6.07, 6.45) is 3.55. The number of nitrogens with zero attached hydrogens (tertiary/aromatic N) is 2. The molecule has 4 nitrogen and oxygen atoms in total. The van der Waals surface area contributed by atoms with Gasteiger partial charge in [-0.05, 0) is 43.2 Å². The Bertz CT molecular complexity index is 856. The molecule has 0 N–H and O–H groups in total. The van der Waals surface area contributed by atoms with Gasteiger partial charge in [-0.2, -0.15) is 0 Å². The Kier molecular flexibility index (Phi) is 5.98. The average molecular weight is 391 g/mol. The number of carbonyl (C=O) groups excluding carboxylic acids is 2. The van der Waals surface area contributed by atoms with Crippen LogP contribution >= 0.6 is 0 Å². The Morgan fingerprint density at radius 2 is 1.72 bits per heavy atom. The second kappa shape index (κ2) is 8.81. The molecule has 2 aromatic rings. The number of piperidine rings is 1. The zero-order valence-corrected chi connectivity index (χ0v) is 17.2. The maximum absolute atomic E-state index is 13.0. The van der Waals surface area contributed by atoms with Crippen molar-refractivity contribution in [3.05, 3.63) is 71.3 Å². The summed E-state index contributed by atoms with van der Waals surface area (Å²) in [5.74, 6) is 0.731. The summed E-state index contributed by atoms with van der Waals surface area (Å²) in [5, 5.41) is 0. The highest BCUT2D eigenvalue weighted by Crippen LogP contribution is 2.26. The number of carbonyl (C=O) groups is 2. The molecule has 0 aliphatic carbocycles. The van der Waals surface area contributed by atoms with Gasteiger partial charge in [-0.3, -0.25) is 9.59 Å². The Morgan fingerprint density at radius 3 is 2.45 bits per heavy atom. The molecule has 29 heavy (non-hydrogen) atoms. The molecule has 1 atom stereocenters. The molecular weight excluding hydrogens is 360 g/mol. The van der Waals surface area contributed by atoms with Crippen LogP contribution < -0.4 is 0 Å². The van der Waals surface area contributed by atoms with Crippen LogP contribution in [0.15, 0.2) is 54.6 Å². The summed E-state index contributed by atoms with van der Waals surface area (Å²) in [5.41, 5.74) is 3.71. The van der Waals surface area contributed by atoms with E-state index >= 15 is 0 Å². The minimum absolute atomic E-state index is 0.101. The van der Waals surface area contributed by atoms with Crippen molar-refractivity contribution in [3.8, 4) is 0 Å². The Labute approximate surface area is 173 Å². The lowest BCUT2D eigenvalue weighted by atomic mass is 9.89. The minimum Gasteiger partial charge on any atom is -0.342 e.